The van der Waals surface area contributed by atoms with Crippen molar-refractivity contribution in [1.82, 2.24) is 5.32 Å². The highest BCUT2D eigenvalue weighted by Gasteiger charge is 2.33. The van der Waals surface area contributed by atoms with E-state index < -0.39 is 15.1 Å². The van der Waals surface area contributed by atoms with Gasteiger partial charge in [-0.1, -0.05) is 18.9 Å². The molecule has 0 saturated heterocycles. The number of amides is 1. The Kier molecular flexibility index (Phi) is 4.62. The first-order chi connectivity index (χ1) is 8.97. The van der Waals surface area contributed by atoms with Crippen molar-refractivity contribution in [1.29, 1.82) is 0 Å². The maximum atomic E-state index is 12.0. The summed E-state index contributed by atoms with van der Waals surface area (Å²) in [6, 6.07) is 3.60. The fraction of sp³-hybridized carbons (Fsp3) is 0.615. The molecule has 0 unspecified atom stereocenters. The lowest BCUT2D eigenvalue weighted by molar-refractivity contribution is -0.121. The van der Waals surface area contributed by atoms with Crippen LogP contribution < -0.4 is 5.32 Å². The first kappa shape index (κ1) is 14.5. The van der Waals surface area contributed by atoms with E-state index in [1.807, 2.05) is 17.5 Å². The summed E-state index contributed by atoms with van der Waals surface area (Å²) in [6.45, 7) is 0. The number of thiophene rings is 1. The molecule has 0 bridgehead atoms. The van der Waals surface area contributed by atoms with Gasteiger partial charge in [0.25, 0.3) is 0 Å². The van der Waals surface area contributed by atoms with Gasteiger partial charge in [-0.05, 0) is 24.3 Å². The molecule has 0 radical (unpaired) electrons. The summed E-state index contributed by atoms with van der Waals surface area (Å²) in [6.07, 6.45) is 4.92. The second kappa shape index (κ2) is 6.05. The summed E-state index contributed by atoms with van der Waals surface area (Å²) in [7, 11) is -3.09. The smallest absolute Gasteiger partial charge is 0.225 e. The Bertz CT molecular complexity index is 522. The maximum Gasteiger partial charge on any atom is 0.225 e. The monoisotopic (exact) mass is 301 g/mol. The highest BCUT2D eigenvalue weighted by molar-refractivity contribution is 7.91. The molecule has 4 nitrogen and oxygen atoms in total. The number of carbonyl (C=O) groups excluding carboxylic acids is 1. The van der Waals surface area contributed by atoms with Crippen LogP contribution in [0.15, 0.2) is 17.5 Å². The number of sulfone groups is 1. The fourth-order valence-corrected chi connectivity index (χ4v) is 4.70. The van der Waals surface area contributed by atoms with Crippen LogP contribution in [0.2, 0.25) is 0 Å². The van der Waals surface area contributed by atoms with Gasteiger partial charge in [0.2, 0.25) is 5.91 Å². The average Bonchev–Trinajstić information content (AvgIpc) is 2.81. The molecule has 106 valence electrons. The van der Waals surface area contributed by atoms with Crippen molar-refractivity contribution in [3.05, 3.63) is 22.4 Å². The van der Waals surface area contributed by atoms with Crippen LogP contribution in [0, 0.1) is 0 Å². The van der Waals surface area contributed by atoms with Gasteiger partial charge in [-0.3, -0.25) is 4.79 Å². The summed E-state index contributed by atoms with van der Waals surface area (Å²) in [5.41, 5.74) is 0. The van der Waals surface area contributed by atoms with Crippen LogP contribution in [0.5, 0.6) is 0 Å². The second-order valence-electron chi connectivity index (χ2n) is 5.08. The highest BCUT2D eigenvalue weighted by Crippen LogP contribution is 2.24. The van der Waals surface area contributed by atoms with Gasteiger partial charge in [-0.25, -0.2) is 8.42 Å². The van der Waals surface area contributed by atoms with Gasteiger partial charge in [0.05, 0.1) is 11.7 Å². The molecule has 1 aromatic rings. The number of hydrogen-bond donors (Lipinski definition) is 1. The van der Waals surface area contributed by atoms with Crippen molar-refractivity contribution in [2.24, 2.45) is 0 Å². The first-order valence-corrected chi connectivity index (χ1v) is 9.31. The van der Waals surface area contributed by atoms with Crippen molar-refractivity contribution >= 4 is 27.1 Å². The quantitative estimate of drug-likeness (QED) is 0.922. The molecule has 1 aromatic heterocycles. The summed E-state index contributed by atoms with van der Waals surface area (Å²) >= 11 is 1.54. The predicted octanol–water partition coefficient (Wildman–Crippen LogP) is 1.76. The van der Waals surface area contributed by atoms with E-state index in [-0.39, 0.29) is 11.9 Å². The summed E-state index contributed by atoms with van der Waals surface area (Å²) < 4.78 is 23.5. The molecule has 0 spiro atoms. The zero-order chi connectivity index (χ0) is 13.9. The van der Waals surface area contributed by atoms with Gasteiger partial charge in [-0.2, -0.15) is 0 Å². The fourth-order valence-electron chi connectivity index (χ4n) is 2.60. The lowest BCUT2D eigenvalue weighted by atomic mass is 9.94. The van der Waals surface area contributed by atoms with Crippen molar-refractivity contribution < 1.29 is 13.2 Å². The van der Waals surface area contributed by atoms with Crippen molar-refractivity contribution in [3.8, 4) is 0 Å². The van der Waals surface area contributed by atoms with Gasteiger partial charge >= 0.3 is 0 Å². The number of rotatable bonds is 4. The van der Waals surface area contributed by atoms with Gasteiger partial charge in [0.15, 0.2) is 9.84 Å². The molecule has 1 amide bonds. The Morgan fingerprint density at radius 1 is 1.42 bits per heavy atom. The SMILES string of the molecule is CS(=O)(=O)[C@@H]1CCCC[C@H]1NC(=O)Cc1cccs1. The zero-order valence-electron chi connectivity index (χ0n) is 11.0. The van der Waals surface area contributed by atoms with Crippen LogP contribution in [0.4, 0.5) is 0 Å². The number of hydrogen-bond acceptors (Lipinski definition) is 4. The van der Waals surface area contributed by atoms with Crippen LogP contribution >= 0.6 is 11.3 Å². The number of carbonyl (C=O) groups is 1. The van der Waals surface area contributed by atoms with Crippen LogP contribution in [0.3, 0.4) is 0 Å². The average molecular weight is 301 g/mol. The van der Waals surface area contributed by atoms with Gasteiger partial charge in [-0.15, -0.1) is 11.3 Å². The predicted molar refractivity (Wildman–Crippen MR) is 77.1 cm³/mol. The minimum atomic E-state index is -3.09. The normalized spacial score (nSPS) is 24.1. The van der Waals surface area contributed by atoms with Gasteiger partial charge in [0, 0.05) is 17.2 Å². The Morgan fingerprint density at radius 3 is 2.79 bits per heavy atom. The minimum Gasteiger partial charge on any atom is -0.352 e. The molecule has 1 heterocycles. The summed E-state index contributed by atoms with van der Waals surface area (Å²) in [4.78, 5) is 13.0. The van der Waals surface area contributed by atoms with Crippen LogP contribution in [-0.4, -0.2) is 31.9 Å². The molecule has 6 heteroatoms. The van der Waals surface area contributed by atoms with E-state index in [2.05, 4.69) is 5.32 Å². The van der Waals surface area contributed by atoms with E-state index in [9.17, 15) is 13.2 Å². The van der Waals surface area contributed by atoms with E-state index in [1.165, 1.54) is 6.26 Å². The molecule has 0 aliphatic heterocycles. The van der Waals surface area contributed by atoms with Crippen molar-refractivity contribution in [2.45, 2.75) is 43.4 Å². The van der Waals surface area contributed by atoms with Crippen LogP contribution in [0.25, 0.3) is 0 Å². The highest BCUT2D eigenvalue weighted by atomic mass is 32.2. The molecular formula is C13H19NO3S2. The van der Waals surface area contributed by atoms with E-state index >= 15 is 0 Å². The molecule has 0 aromatic carbocycles. The standard InChI is InChI=1S/C13H19NO3S2/c1-19(16,17)12-7-3-2-6-11(12)14-13(15)9-10-5-4-8-18-10/h4-5,8,11-12H,2-3,6-7,9H2,1H3,(H,14,15)/t11-,12-/m1/s1. The maximum absolute atomic E-state index is 12.0. The third-order valence-corrected chi connectivity index (χ3v) is 6.05. The summed E-state index contributed by atoms with van der Waals surface area (Å²) in [5.74, 6) is -0.0806. The Morgan fingerprint density at radius 2 is 2.16 bits per heavy atom. The van der Waals surface area contributed by atoms with Gasteiger partial charge in [0.1, 0.15) is 0 Å². The van der Waals surface area contributed by atoms with Crippen molar-refractivity contribution in [2.75, 3.05) is 6.26 Å². The molecule has 2 atom stereocenters. The minimum absolute atomic E-state index is 0.0806. The molecule has 1 fully saturated rings. The molecule has 2 rings (SSSR count). The number of nitrogens with one attached hydrogen (secondary N) is 1. The Hall–Kier alpha value is -0.880. The third kappa shape index (κ3) is 4.04. The van der Waals surface area contributed by atoms with E-state index in [1.54, 1.807) is 11.3 Å². The third-order valence-electron chi connectivity index (χ3n) is 3.51. The van der Waals surface area contributed by atoms with Crippen molar-refractivity contribution in [3.63, 3.8) is 0 Å². The molecule has 19 heavy (non-hydrogen) atoms. The molecule has 1 aliphatic rings. The van der Waals surface area contributed by atoms with Crippen LogP contribution in [-0.2, 0) is 21.1 Å². The lowest BCUT2D eigenvalue weighted by Gasteiger charge is -2.30. The van der Waals surface area contributed by atoms with E-state index in [0.29, 0.717) is 12.8 Å². The lowest BCUT2D eigenvalue weighted by Crippen LogP contribution is -2.48. The molecule has 1 N–H and O–H groups in total. The Labute approximate surface area is 118 Å². The Balaban J connectivity index is 1.98. The molecule has 1 aliphatic carbocycles. The van der Waals surface area contributed by atoms with E-state index in [0.717, 1.165) is 24.1 Å². The summed E-state index contributed by atoms with van der Waals surface area (Å²) in [5, 5.41) is 4.41. The molecule has 1 saturated carbocycles. The van der Waals surface area contributed by atoms with E-state index in [4.69, 9.17) is 0 Å². The largest absolute Gasteiger partial charge is 0.352 e. The van der Waals surface area contributed by atoms with Gasteiger partial charge < -0.3 is 5.32 Å². The van der Waals surface area contributed by atoms with Crippen LogP contribution in [0.1, 0.15) is 30.6 Å². The topological polar surface area (TPSA) is 63.2 Å². The first-order valence-electron chi connectivity index (χ1n) is 6.47. The molecular weight excluding hydrogens is 282 g/mol. The second-order valence-corrected chi connectivity index (χ2v) is 8.38. The zero-order valence-corrected chi connectivity index (χ0v) is 12.6.